The van der Waals surface area contributed by atoms with Crippen molar-refractivity contribution in [2.24, 2.45) is 0 Å². The molecule has 1 amide bonds. The van der Waals surface area contributed by atoms with Gasteiger partial charge in [-0.2, -0.15) is 0 Å². The van der Waals surface area contributed by atoms with E-state index in [9.17, 15) is 4.79 Å². The summed E-state index contributed by atoms with van der Waals surface area (Å²) in [6, 6.07) is 9.10. The van der Waals surface area contributed by atoms with Gasteiger partial charge in [0, 0.05) is 17.4 Å². The van der Waals surface area contributed by atoms with Crippen LogP contribution in [0, 0.1) is 13.8 Å². The van der Waals surface area contributed by atoms with E-state index in [1.54, 1.807) is 18.3 Å². The number of amides is 1. The fraction of sp³-hybridized carbons (Fsp3) is 0.143. The van der Waals surface area contributed by atoms with Crippen molar-refractivity contribution in [1.29, 1.82) is 0 Å². The molecule has 0 atom stereocenters. The number of hydrogen-bond acceptors (Lipinski definition) is 2. The highest BCUT2D eigenvalue weighted by Gasteiger charge is 2.11. The number of aromatic nitrogens is 1. The lowest BCUT2D eigenvalue weighted by atomic mass is 10.0. The van der Waals surface area contributed by atoms with Gasteiger partial charge in [-0.1, -0.05) is 29.8 Å². The molecule has 0 aliphatic rings. The molecule has 2 rings (SSSR count). The monoisotopic (exact) mass is 260 g/mol. The molecule has 0 spiro atoms. The zero-order valence-corrected chi connectivity index (χ0v) is 11.0. The Morgan fingerprint density at radius 2 is 1.89 bits per heavy atom. The van der Waals surface area contributed by atoms with E-state index >= 15 is 0 Å². The number of halogens is 1. The minimum absolute atomic E-state index is 0.132. The molecule has 2 aromatic rings. The van der Waals surface area contributed by atoms with Crippen LogP contribution in [0.1, 0.15) is 21.5 Å². The van der Waals surface area contributed by atoms with Crippen LogP contribution in [0.3, 0.4) is 0 Å². The molecule has 0 saturated heterocycles. The maximum Gasteiger partial charge on any atom is 0.256 e. The van der Waals surface area contributed by atoms with Crippen molar-refractivity contribution in [3.8, 4) is 0 Å². The molecule has 0 aliphatic heterocycles. The third kappa shape index (κ3) is 2.68. The quantitative estimate of drug-likeness (QED) is 0.839. The predicted molar refractivity (Wildman–Crippen MR) is 73.1 cm³/mol. The fourth-order valence-electron chi connectivity index (χ4n) is 1.85. The van der Waals surface area contributed by atoms with Gasteiger partial charge in [0.25, 0.3) is 5.91 Å². The van der Waals surface area contributed by atoms with Crippen molar-refractivity contribution in [3.63, 3.8) is 0 Å². The molecule has 1 aromatic carbocycles. The largest absolute Gasteiger partial charge is 0.322 e. The minimum Gasteiger partial charge on any atom is -0.322 e. The van der Waals surface area contributed by atoms with E-state index in [1.807, 2.05) is 32.0 Å². The number of rotatable bonds is 2. The smallest absolute Gasteiger partial charge is 0.256 e. The van der Waals surface area contributed by atoms with Crippen LogP contribution in [-0.2, 0) is 0 Å². The average molecular weight is 261 g/mol. The van der Waals surface area contributed by atoms with Crippen molar-refractivity contribution < 1.29 is 4.79 Å². The average Bonchev–Trinajstić information content (AvgIpc) is 2.28. The molecule has 4 heteroatoms. The SMILES string of the molecule is Cc1cccc(C)c1C(=O)Nc1ccnc(Cl)c1. The van der Waals surface area contributed by atoms with Crippen LogP contribution >= 0.6 is 11.6 Å². The van der Waals surface area contributed by atoms with E-state index in [0.29, 0.717) is 16.4 Å². The molecular formula is C14H13ClN2O. The molecule has 0 radical (unpaired) electrons. The maximum absolute atomic E-state index is 12.2. The summed E-state index contributed by atoms with van der Waals surface area (Å²) in [6.07, 6.45) is 1.56. The van der Waals surface area contributed by atoms with Crippen LogP contribution in [0.2, 0.25) is 5.15 Å². The summed E-state index contributed by atoms with van der Waals surface area (Å²) in [6.45, 7) is 3.84. The molecule has 0 saturated carbocycles. The van der Waals surface area contributed by atoms with Crippen LogP contribution in [0.4, 0.5) is 5.69 Å². The molecule has 18 heavy (non-hydrogen) atoms. The van der Waals surface area contributed by atoms with Gasteiger partial charge in [0.1, 0.15) is 5.15 Å². The van der Waals surface area contributed by atoms with Crippen LogP contribution in [0.15, 0.2) is 36.5 Å². The number of carbonyl (C=O) groups is 1. The van der Waals surface area contributed by atoms with E-state index in [1.165, 1.54) is 0 Å². The van der Waals surface area contributed by atoms with E-state index in [-0.39, 0.29) is 5.91 Å². The van der Waals surface area contributed by atoms with Crippen molar-refractivity contribution >= 4 is 23.2 Å². The van der Waals surface area contributed by atoms with Crippen molar-refractivity contribution in [2.75, 3.05) is 5.32 Å². The van der Waals surface area contributed by atoms with Gasteiger partial charge in [-0.15, -0.1) is 0 Å². The Kier molecular flexibility index (Phi) is 3.63. The summed E-state index contributed by atoms with van der Waals surface area (Å²) in [4.78, 5) is 16.1. The lowest BCUT2D eigenvalue weighted by Crippen LogP contribution is -2.14. The maximum atomic E-state index is 12.2. The molecule has 0 fully saturated rings. The number of nitrogens with zero attached hydrogens (tertiary/aromatic N) is 1. The van der Waals surface area contributed by atoms with Crippen molar-refractivity contribution in [2.45, 2.75) is 13.8 Å². The third-order valence-electron chi connectivity index (χ3n) is 2.69. The first-order valence-electron chi connectivity index (χ1n) is 5.57. The first kappa shape index (κ1) is 12.6. The number of pyridine rings is 1. The highest BCUT2D eigenvalue weighted by molar-refractivity contribution is 6.29. The van der Waals surface area contributed by atoms with Crippen LogP contribution < -0.4 is 5.32 Å². The second-order valence-corrected chi connectivity index (χ2v) is 4.48. The van der Waals surface area contributed by atoms with Gasteiger partial charge in [0.05, 0.1) is 0 Å². The van der Waals surface area contributed by atoms with E-state index in [0.717, 1.165) is 11.1 Å². The topological polar surface area (TPSA) is 42.0 Å². The van der Waals surface area contributed by atoms with Gasteiger partial charge in [0.15, 0.2) is 0 Å². The molecule has 1 N–H and O–H groups in total. The standard InChI is InChI=1S/C14H13ClN2O/c1-9-4-3-5-10(2)13(9)14(18)17-11-6-7-16-12(15)8-11/h3-8H,1-2H3,(H,16,17,18). The number of anilines is 1. The molecule has 0 bridgehead atoms. The van der Waals surface area contributed by atoms with E-state index in [2.05, 4.69) is 10.3 Å². The highest BCUT2D eigenvalue weighted by atomic mass is 35.5. The van der Waals surface area contributed by atoms with Gasteiger partial charge in [-0.3, -0.25) is 4.79 Å². The fourth-order valence-corrected chi connectivity index (χ4v) is 2.02. The summed E-state index contributed by atoms with van der Waals surface area (Å²) in [5.74, 6) is -0.132. The first-order valence-corrected chi connectivity index (χ1v) is 5.95. The van der Waals surface area contributed by atoms with Crippen LogP contribution in [0.5, 0.6) is 0 Å². The van der Waals surface area contributed by atoms with Gasteiger partial charge in [0.2, 0.25) is 0 Å². The lowest BCUT2D eigenvalue weighted by Gasteiger charge is -2.10. The zero-order valence-electron chi connectivity index (χ0n) is 10.2. The predicted octanol–water partition coefficient (Wildman–Crippen LogP) is 3.60. The lowest BCUT2D eigenvalue weighted by molar-refractivity contribution is 0.102. The number of hydrogen-bond donors (Lipinski definition) is 1. The molecule has 3 nitrogen and oxygen atoms in total. The Hall–Kier alpha value is -1.87. The molecule has 1 heterocycles. The number of carbonyl (C=O) groups excluding carboxylic acids is 1. The second-order valence-electron chi connectivity index (χ2n) is 4.09. The summed E-state index contributed by atoms with van der Waals surface area (Å²) in [5, 5.41) is 3.17. The summed E-state index contributed by atoms with van der Waals surface area (Å²) >= 11 is 5.77. The molecule has 92 valence electrons. The van der Waals surface area contributed by atoms with Crippen molar-refractivity contribution in [1.82, 2.24) is 4.98 Å². The van der Waals surface area contributed by atoms with E-state index in [4.69, 9.17) is 11.6 Å². The normalized spacial score (nSPS) is 10.2. The van der Waals surface area contributed by atoms with Crippen molar-refractivity contribution in [3.05, 3.63) is 58.4 Å². The highest BCUT2D eigenvalue weighted by Crippen LogP contribution is 2.17. The van der Waals surface area contributed by atoms with Crippen LogP contribution in [-0.4, -0.2) is 10.9 Å². The molecular weight excluding hydrogens is 248 g/mol. The summed E-state index contributed by atoms with van der Waals surface area (Å²) in [7, 11) is 0. The van der Waals surface area contributed by atoms with Gasteiger partial charge < -0.3 is 5.32 Å². The van der Waals surface area contributed by atoms with Gasteiger partial charge >= 0.3 is 0 Å². The number of aryl methyl sites for hydroxylation is 2. The summed E-state index contributed by atoms with van der Waals surface area (Å²) in [5.41, 5.74) is 3.24. The Morgan fingerprint density at radius 3 is 2.50 bits per heavy atom. The Morgan fingerprint density at radius 1 is 1.22 bits per heavy atom. The molecule has 0 unspecified atom stereocenters. The first-order chi connectivity index (χ1) is 8.58. The number of nitrogens with one attached hydrogen (secondary N) is 1. The van der Waals surface area contributed by atoms with Crippen LogP contribution in [0.25, 0.3) is 0 Å². The Balaban J connectivity index is 2.28. The molecule has 0 aliphatic carbocycles. The van der Waals surface area contributed by atoms with E-state index < -0.39 is 0 Å². The Labute approximate surface area is 111 Å². The number of benzene rings is 1. The minimum atomic E-state index is -0.132. The van der Waals surface area contributed by atoms with Gasteiger partial charge in [-0.05, 0) is 37.1 Å². The Bertz CT molecular complexity index is 576. The molecule has 1 aromatic heterocycles. The third-order valence-corrected chi connectivity index (χ3v) is 2.90. The zero-order chi connectivity index (χ0) is 13.1. The summed E-state index contributed by atoms with van der Waals surface area (Å²) < 4.78 is 0. The van der Waals surface area contributed by atoms with Gasteiger partial charge in [-0.25, -0.2) is 4.98 Å². The second kappa shape index (κ2) is 5.19.